The van der Waals surface area contributed by atoms with Crippen LogP contribution in [-0.4, -0.2) is 0 Å². The molecule has 0 aliphatic heterocycles. The van der Waals surface area contributed by atoms with E-state index >= 15 is 0 Å². The van der Waals surface area contributed by atoms with E-state index in [1.807, 2.05) is 0 Å². The number of hydrogen-bond acceptors (Lipinski definition) is 0. The summed E-state index contributed by atoms with van der Waals surface area (Å²) in [6.45, 7) is 11.9. The normalized spacial score (nSPS) is 14.1. The van der Waals surface area contributed by atoms with Crippen LogP contribution in [0.1, 0.15) is 92.4 Å². The summed E-state index contributed by atoms with van der Waals surface area (Å²) in [6, 6.07) is 0. The molecule has 0 saturated carbocycles. The van der Waals surface area contributed by atoms with Crippen molar-refractivity contribution < 1.29 is 0 Å². The van der Waals surface area contributed by atoms with E-state index in [0.29, 0.717) is 5.41 Å². The zero-order chi connectivity index (χ0) is 12.4. The molecule has 1 unspecified atom stereocenters. The van der Waals surface area contributed by atoms with E-state index in [1.165, 1.54) is 57.8 Å². The molecule has 0 aromatic carbocycles. The van der Waals surface area contributed by atoms with Gasteiger partial charge in [-0.1, -0.05) is 79.6 Å². The molecule has 16 heavy (non-hydrogen) atoms. The molecular weight excluding hydrogens is 192 g/mol. The van der Waals surface area contributed by atoms with Crippen molar-refractivity contribution in [1.82, 2.24) is 0 Å². The van der Waals surface area contributed by atoms with Crippen molar-refractivity contribution in [2.45, 2.75) is 92.4 Å². The molecule has 0 aliphatic rings. The Morgan fingerprint density at radius 1 is 0.875 bits per heavy atom. The first-order chi connectivity index (χ1) is 7.55. The second kappa shape index (κ2) is 9.07. The van der Waals surface area contributed by atoms with E-state index in [-0.39, 0.29) is 0 Å². The summed E-state index contributed by atoms with van der Waals surface area (Å²) in [4.78, 5) is 0. The summed E-state index contributed by atoms with van der Waals surface area (Å²) < 4.78 is 0. The van der Waals surface area contributed by atoms with Gasteiger partial charge in [0, 0.05) is 0 Å². The fourth-order valence-electron chi connectivity index (χ4n) is 2.68. The molecule has 0 saturated heterocycles. The molecule has 0 N–H and O–H groups in total. The SMILES string of the molecule is CCCCCC(C)(C)CC(CC)CCCC. The van der Waals surface area contributed by atoms with Gasteiger partial charge in [0.2, 0.25) is 0 Å². The monoisotopic (exact) mass is 226 g/mol. The van der Waals surface area contributed by atoms with Gasteiger partial charge in [-0.15, -0.1) is 0 Å². The largest absolute Gasteiger partial charge is 0.0654 e. The van der Waals surface area contributed by atoms with Crippen molar-refractivity contribution in [3.05, 3.63) is 0 Å². The van der Waals surface area contributed by atoms with Crippen LogP contribution in [0.15, 0.2) is 0 Å². The first kappa shape index (κ1) is 16.0. The highest BCUT2D eigenvalue weighted by Crippen LogP contribution is 2.34. The maximum Gasteiger partial charge on any atom is -0.0352 e. The van der Waals surface area contributed by atoms with Crippen LogP contribution in [-0.2, 0) is 0 Å². The molecule has 0 fully saturated rings. The predicted octanol–water partition coefficient (Wildman–Crippen LogP) is 6.20. The van der Waals surface area contributed by atoms with E-state index in [9.17, 15) is 0 Å². The Bertz CT molecular complexity index is 146. The summed E-state index contributed by atoms with van der Waals surface area (Å²) in [5.74, 6) is 0.969. The molecule has 0 spiro atoms. The number of rotatable bonds is 10. The summed E-state index contributed by atoms with van der Waals surface area (Å²) in [5.41, 5.74) is 0.573. The summed E-state index contributed by atoms with van der Waals surface area (Å²) >= 11 is 0. The van der Waals surface area contributed by atoms with Gasteiger partial charge in [-0.3, -0.25) is 0 Å². The lowest BCUT2D eigenvalue weighted by molar-refractivity contribution is 0.226. The van der Waals surface area contributed by atoms with E-state index in [4.69, 9.17) is 0 Å². The molecule has 0 amide bonds. The first-order valence-corrected chi connectivity index (χ1v) is 7.55. The molecule has 0 bridgehead atoms. The molecule has 98 valence electrons. The second-order valence-corrected chi connectivity index (χ2v) is 6.24. The smallest absolute Gasteiger partial charge is 0.0352 e. The van der Waals surface area contributed by atoms with Crippen molar-refractivity contribution >= 4 is 0 Å². The van der Waals surface area contributed by atoms with Crippen LogP contribution >= 0.6 is 0 Å². The Kier molecular flexibility index (Phi) is 9.07. The number of unbranched alkanes of at least 4 members (excludes halogenated alkanes) is 3. The van der Waals surface area contributed by atoms with Gasteiger partial charge in [0.1, 0.15) is 0 Å². The highest BCUT2D eigenvalue weighted by molar-refractivity contribution is 4.73. The van der Waals surface area contributed by atoms with Crippen LogP contribution in [0.2, 0.25) is 0 Å². The Morgan fingerprint density at radius 3 is 2.00 bits per heavy atom. The fraction of sp³-hybridized carbons (Fsp3) is 1.00. The average molecular weight is 226 g/mol. The van der Waals surface area contributed by atoms with Gasteiger partial charge in [0.15, 0.2) is 0 Å². The molecule has 0 nitrogen and oxygen atoms in total. The third kappa shape index (κ3) is 8.19. The molecule has 0 heterocycles. The highest BCUT2D eigenvalue weighted by Gasteiger charge is 2.21. The second-order valence-electron chi connectivity index (χ2n) is 6.24. The molecule has 0 heteroatoms. The lowest BCUT2D eigenvalue weighted by Crippen LogP contribution is -2.17. The van der Waals surface area contributed by atoms with Crippen LogP contribution in [0.4, 0.5) is 0 Å². The predicted molar refractivity (Wildman–Crippen MR) is 75.8 cm³/mol. The van der Waals surface area contributed by atoms with Gasteiger partial charge >= 0.3 is 0 Å². The molecule has 1 atom stereocenters. The average Bonchev–Trinajstić information content (AvgIpc) is 2.24. The van der Waals surface area contributed by atoms with Crippen molar-refractivity contribution in [2.24, 2.45) is 11.3 Å². The first-order valence-electron chi connectivity index (χ1n) is 7.55. The van der Waals surface area contributed by atoms with Gasteiger partial charge in [-0.25, -0.2) is 0 Å². The van der Waals surface area contributed by atoms with Gasteiger partial charge in [0.25, 0.3) is 0 Å². The van der Waals surface area contributed by atoms with E-state index in [0.717, 1.165) is 5.92 Å². The minimum atomic E-state index is 0.573. The zero-order valence-corrected chi connectivity index (χ0v) is 12.4. The third-order valence-corrected chi connectivity index (χ3v) is 3.84. The van der Waals surface area contributed by atoms with E-state index < -0.39 is 0 Å². The van der Waals surface area contributed by atoms with Crippen molar-refractivity contribution in [2.75, 3.05) is 0 Å². The zero-order valence-electron chi connectivity index (χ0n) is 12.4. The Labute approximate surface area is 104 Å². The van der Waals surface area contributed by atoms with Crippen LogP contribution in [0.3, 0.4) is 0 Å². The summed E-state index contributed by atoms with van der Waals surface area (Å²) in [5, 5.41) is 0. The van der Waals surface area contributed by atoms with Crippen molar-refractivity contribution in [1.29, 1.82) is 0 Å². The van der Waals surface area contributed by atoms with Crippen LogP contribution in [0.25, 0.3) is 0 Å². The van der Waals surface area contributed by atoms with Gasteiger partial charge in [-0.05, 0) is 24.2 Å². The Balaban J connectivity index is 3.89. The molecule has 0 aliphatic carbocycles. The molecule has 0 rings (SSSR count). The minimum absolute atomic E-state index is 0.573. The van der Waals surface area contributed by atoms with Crippen LogP contribution in [0.5, 0.6) is 0 Å². The maximum atomic E-state index is 2.47. The van der Waals surface area contributed by atoms with E-state index in [2.05, 4.69) is 34.6 Å². The highest BCUT2D eigenvalue weighted by atomic mass is 14.3. The Morgan fingerprint density at radius 2 is 1.50 bits per heavy atom. The van der Waals surface area contributed by atoms with Gasteiger partial charge in [0.05, 0.1) is 0 Å². The third-order valence-electron chi connectivity index (χ3n) is 3.84. The standard InChI is InChI=1S/C16H34/c1-6-9-11-13-16(4,5)14-15(8-3)12-10-7-2/h15H,6-14H2,1-5H3. The fourth-order valence-corrected chi connectivity index (χ4v) is 2.68. The van der Waals surface area contributed by atoms with E-state index in [1.54, 1.807) is 0 Å². The summed E-state index contributed by atoms with van der Waals surface area (Å²) in [6.07, 6.45) is 12.6. The molecule has 0 radical (unpaired) electrons. The van der Waals surface area contributed by atoms with Crippen LogP contribution < -0.4 is 0 Å². The molecular formula is C16H34. The minimum Gasteiger partial charge on any atom is -0.0654 e. The summed E-state index contributed by atoms with van der Waals surface area (Å²) in [7, 11) is 0. The quantitative estimate of drug-likeness (QED) is 0.389. The Hall–Kier alpha value is 0. The molecule has 0 aromatic heterocycles. The maximum absolute atomic E-state index is 2.47. The van der Waals surface area contributed by atoms with Crippen molar-refractivity contribution in [3.8, 4) is 0 Å². The van der Waals surface area contributed by atoms with Gasteiger partial charge < -0.3 is 0 Å². The topological polar surface area (TPSA) is 0 Å². The lowest BCUT2D eigenvalue weighted by Gasteiger charge is -2.29. The number of hydrogen-bond donors (Lipinski definition) is 0. The lowest BCUT2D eigenvalue weighted by atomic mass is 9.76. The molecule has 0 aromatic rings. The van der Waals surface area contributed by atoms with Gasteiger partial charge in [-0.2, -0.15) is 0 Å². The van der Waals surface area contributed by atoms with Crippen molar-refractivity contribution in [3.63, 3.8) is 0 Å². The van der Waals surface area contributed by atoms with Crippen LogP contribution in [0, 0.1) is 11.3 Å².